The first-order chi connectivity index (χ1) is 9.24. The molecule has 0 spiro atoms. The lowest BCUT2D eigenvalue weighted by Crippen LogP contribution is -1.89. The van der Waals surface area contributed by atoms with Gasteiger partial charge >= 0.3 is 6.15 Å². The Labute approximate surface area is 110 Å². The van der Waals surface area contributed by atoms with Gasteiger partial charge in [-0.25, -0.2) is 0 Å². The molecule has 1 aromatic heterocycles. The van der Waals surface area contributed by atoms with Crippen molar-refractivity contribution in [1.82, 2.24) is 15.4 Å². The fourth-order valence-corrected chi connectivity index (χ4v) is 1.37. The Balaban J connectivity index is 0.000000550. The number of aromatic amines is 1. The number of aromatic nitrogens is 3. The Morgan fingerprint density at radius 3 is 2.79 bits per heavy atom. The van der Waals surface area contributed by atoms with Crippen LogP contribution in [0.5, 0.6) is 11.6 Å². The fraction of sp³-hybridized carbons (Fsp3) is 0.154. The second-order valence-electron chi connectivity index (χ2n) is 3.39. The molecule has 0 saturated heterocycles. The van der Waals surface area contributed by atoms with Gasteiger partial charge in [0.15, 0.2) is 0 Å². The van der Waals surface area contributed by atoms with Gasteiger partial charge in [-0.05, 0) is 24.1 Å². The third kappa shape index (κ3) is 4.22. The van der Waals surface area contributed by atoms with E-state index in [1.165, 1.54) is 0 Å². The van der Waals surface area contributed by atoms with Crippen molar-refractivity contribution in [1.29, 1.82) is 0 Å². The lowest BCUT2D eigenvalue weighted by molar-refractivity contribution is -0.191. The molecule has 1 heterocycles. The zero-order valence-electron chi connectivity index (χ0n) is 10.4. The summed E-state index contributed by atoms with van der Waals surface area (Å²) in [6, 6.07) is 7.66. The van der Waals surface area contributed by atoms with E-state index in [2.05, 4.69) is 22.0 Å². The summed E-state index contributed by atoms with van der Waals surface area (Å²) in [6.45, 7) is 5.72. The molecular weight excluding hydrogens is 246 g/mol. The molecule has 6 heteroatoms. The van der Waals surface area contributed by atoms with Crippen molar-refractivity contribution in [3.05, 3.63) is 42.1 Å². The molecule has 2 rings (SSSR count). The standard InChI is InChI=1S/C12H13N3O.CO2/c1-3-9-6-5-7-10(8-9)16-12-11(4-2)13-15-14-12;2-1-3/h3,5-8H,1,4H2,2H3,(H,13,14,15);. The second-order valence-corrected chi connectivity index (χ2v) is 3.39. The van der Waals surface area contributed by atoms with Gasteiger partial charge in [-0.3, -0.25) is 0 Å². The van der Waals surface area contributed by atoms with Crippen LogP contribution in [-0.2, 0) is 16.0 Å². The molecule has 0 amide bonds. The Morgan fingerprint density at radius 1 is 1.42 bits per heavy atom. The van der Waals surface area contributed by atoms with Gasteiger partial charge in [0.2, 0.25) is 0 Å². The van der Waals surface area contributed by atoms with Gasteiger partial charge in [0.1, 0.15) is 11.4 Å². The number of carbonyl (C=O) groups excluding carboxylic acids is 2. The third-order valence-electron chi connectivity index (χ3n) is 2.23. The van der Waals surface area contributed by atoms with Crippen LogP contribution in [0.2, 0.25) is 0 Å². The van der Waals surface area contributed by atoms with E-state index >= 15 is 0 Å². The first-order valence-corrected chi connectivity index (χ1v) is 5.54. The summed E-state index contributed by atoms with van der Waals surface area (Å²) in [6.07, 6.45) is 2.81. The largest absolute Gasteiger partial charge is 0.436 e. The highest BCUT2D eigenvalue weighted by Crippen LogP contribution is 2.22. The van der Waals surface area contributed by atoms with Crippen molar-refractivity contribution in [2.45, 2.75) is 13.3 Å². The lowest BCUT2D eigenvalue weighted by atomic mass is 10.2. The van der Waals surface area contributed by atoms with Crippen LogP contribution in [0.3, 0.4) is 0 Å². The van der Waals surface area contributed by atoms with Gasteiger partial charge in [-0.15, -0.1) is 5.10 Å². The fourth-order valence-electron chi connectivity index (χ4n) is 1.37. The zero-order valence-corrected chi connectivity index (χ0v) is 10.4. The number of nitrogens with zero attached hydrogens (tertiary/aromatic N) is 2. The molecule has 6 nitrogen and oxygen atoms in total. The van der Waals surface area contributed by atoms with E-state index in [0.717, 1.165) is 23.4 Å². The van der Waals surface area contributed by atoms with Crippen LogP contribution in [-0.4, -0.2) is 21.6 Å². The van der Waals surface area contributed by atoms with Crippen LogP contribution in [0.4, 0.5) is 0 Å². The number of ether oxygens (including phenoxy) is 1. The van der Waals surface area contributed by atoms with Crippen LogP contribution in [0.25, 0.3) is 6.08 Å². The van der Waals surface area contributed by atoms with Gasteiger partial charge in [0, 0.05) is 0 Å². The summed E-state index contributed by atoms with van der Waals surface area (Å²) in [7, 11) is 0. The van der Waals surface area contributed by atoms with Crippen molar-refractivity contribution in [3.63, 3.8) is 0 Å². The minimum Gasteiger partial charge on any atom is -0.436 e. The summed E-state index contributed by atoms with van der Waals surface area (Å²) in [5.74, 6) is 1.27. The average molecular weight is 259 g/mol. The number of hydrogen-bond donors (Lipinski definition) is 1. The zero-order chi connectivity index (χ0) is 14.1. The van der Waals surface area contributed by atoms with E-state index in [9.17, 15) is 0 Å². The molecule has 2 aromatic rings. The topological polar surface area (TPSA) is 84.9 Å². The van der Waals surface area contributed by atoms with Gasteiger partial charge in [0.05, 0.1) is 0 Å². The number of hydrogen-bond acceptors (Lipinski definition) is 5. The SMILES string of the molecule is C=Cc1cccc(Oc2n[nH]nc2CC)c1.O=C=O. The molecule has 0 saturated carbocycles. The van der Waals surface area contributed by atoms with E-state index in [0.29, 0.717) is 5.88 Å². The van der Waals surface area contributed by atoms with Crippen molar-refractivity contribution in [2.75, 3.05) is 0 Å². The monoisotopic (exact) mass is 259 g/mol. The van der Waals surface area contributed by atoms with Crippen LogP contribution in [0.1, 0.15) is 18.2 Å². The Morgan fingerprint density at radius 2 is 2.16 bits per heavy atom. The number of nitrogens with one attached hydrogen (secondary N) is 1. The number of benzene rings is 1. The molecule has 0 radical (unpaired) electrons. The summed E-state index contributed by atoms with van der Waals surface area (Å²) >= 11 is 0. The first kappa shape index (κ1) is 14.3. The maximum atomic E-state index is 8.12. The summed E-state index contributed by atoms with van der Waals surface area (Å²) in [5.41, 5.74) is 1.84. The molecule has 0 fully saturated rings. The van der Waals surface area contributed by atoms with Crippen LogP contribution in [0, 0.1) is 0 Å². The van der Waals surface area contributed by atoms with Gasteiger partial charge < -0.3 is 4.74 Å². The van der Waals surface area contributed by atoms with E-state index in [4.69, 9.17) is 14.3 Å². The predicted molar refractivity (Wildman–Crippen MR) is 67.4 cm³/mol. The normalized spacial score (nSPS) is 8.89. The first-order valence-electron chi connectivity index (χ1n) is 5.54. The van der Waals surface area contributed by atoms with Crippen molar-refractivity contribution >= 4 is 12.2 Å². The highest BCUT2D eigenvalue weighted by Gasteiger charge is 2.07. The predicted octanol–water partition coefficient (Wildman–Crippen LogP) is 2.22. The van der Waals surface area contributed by atoms with Crippen molar-refractivity contribution in [2.24, 2.45) is 0 Å². The molecular formula is C13H13N3O3. The molecule has 0 aliphatic carbocycles. The molecule has 0 aliphatic heterocycles. The van der Waals surface area contributed by atoms with Crippen molar-refractivity contribution < 1.29 is 14.3 Å². The smallest absolute Gasteiger partial charge is 0.373 e. The van der Waals surface area contributed by atoms with Gasteiger partial charge in [-0.1, -0.05) is 31.7 Å². The number of aryl methyl sites for hydroxylation is 1. The molecule has 0 bridgehead atoms. The molecule has 98 valence electrons. The van der Waals surface area contributed by atoms with Crippen LogP contribution >= 0.6 is 0 Å². The van der Waals surface area contributed by atoms with Crippen LogP contribution < -0.4 is 4.74 Å². The third-order valence-corrected chi connectivity index (χ3v) is 2.23. The number of H-pyrrole nitrogens is 1. The lowest BCUT2D eigenvalue weighted by Gasteiger charge is -2.03. The maximum absolute atomic E-state index is 8.12. The number of rotatable bonds is 4. The minimum atomic E-state index is 0.250. The van der Waals surface area contributed by atoms with E-state index in [1.54, 1.807) is 6.08 Å². The molecule has 0 atom stereocenters. The Kier molecular flexibility index (Phi) is 5.72. The molecule has 0 unspecified atom stereocenters. The Bertz CT molecular complexity index is 572. The average Bonchev–Trinajstić information content (AvgIpc) is 2.87. The van der Waals surface area contributed by atoms with E-state index < -0.39 is 0 Å². The van der Waals surface area contributed by atoms with E-state index in [-0.39, 0.29) is 6.15 Å². The summed E-state index contributed by atoms with van der Waals surface area (Å²) < 4.78 is 5.63. The molecule has 0 aliphatic rings. The minimum absolute atomic E-state index is 0.250. The van der Waals surface area contributed by atoms with E-state index in [1.807, 2.05) is 31.2 Å². The highest BCUT2D eigenvalue weighted by atomic mass is 16.5. The molecule has 19 heavy (non-hydrogen) atoms. The van der Waals surface area contributed by atoms with Gasteiger partial charge in [-0.2, -0.15) is 19.9 Å². The van der Waals surface area contributed by atoms with Crippen LogP contribution in [0.15, 0.2) is 30.8 Å². The molecule has 1 N–H and O–H groups in total. The summed E-state index contributed by atoms with van der Waals surface area (Å²) in [5, 5.41) is 10.5. The quantitative estimate of drug-likeness (QED) is 0.909. The van der Waals surface area contributed by atoms with Crippen molar-refractivity contribution in [3.8, 4) is 11.6 Å². The second kappa shape index (κ2) is 7.58. The summed E-state index contributed by atoms with van der Waals surface area (Å²) in [4.78, 5) is 16.2. The Hall–Kier alpha value is -2.72. The maximum Gasteiger partial charge on any atom is 0.373 e. The highest BCUT2D eigenvalue weighted by molar-refractivity contribution is 5.50. The molecule has 1 aromatic carbocycles. The van der Waals surface area contributed by atoms with Gasteiger partial charge in [0.25, 0.3) is 5.88 Å².